The van der Waals surface area contributed by atoms with E-state index < -0.39 is 18.9 Å². The van der Waals surface area contributed by atoms with Gasteiger partial charge in [-0.05, 0) is 46.6 Å². The molecule has 4 nitrogen and oxygen atoms in total. The van der Waals surface area contributed by atoms with Crippen LogP contribution in [0.15, 0.2) is 35.1 Å². The summed E-state index contributed by atoms with van der Waals surface area (Å²) in [5.74, 6) is -0.0923. The molecule has 0 bridgehead atoms. The highest BCUT2D eigenvalue weighted by Crippen LogP contribution is 2.18. The van der Waals surface area contributed by atoms with Gasteiger partial charge in [0.1, 0.15) is 11.5 Å². The summed E-state index contributed by atoms with van der Waals surface area (Å²) in [5.41, 5.74) is 1.09. The Labute approximate surface area is 122 Å². The molecule has 106 valence electrons. The Morgan fingerprint density at radius 2 is 2.30 bits per heavy atom. The molecule has 0 aliphatic heterocycles. The summed E-state index contributed by atoms with van der Waals surface area (Å²) >= 11 is 3.31. The third-order valence-electron chi connectivity index (χ3n) is 2.69. The molecular formula is C13H12BrF2N3O. The van der Waals surface area contributed by atoms with Crippen LogP contribution in [0.5, 0.6) is 0 Å². The summed E-state index contributed by atoms with van der Waals surface area (Å²) in [5, 5.41) is 2.59. The molecule has 0 unspecified atom stereocenters. The molecule has 2 aromatic heterocycles. The van der Waals surface area contributed by atoms with Crippen LogP contribution in [0.3, 0.4) is 0 Å². The number of nitrogens with one attached hydrogen (secondary N) is 1. The number of aryl methyl sites for hydroxylation is 1. The number of hydrogen-bond acceptors (Lipinski definition) is 2. The highest BCUT2D eigenvalue weighted by molar-refractivity contribution is 9.10. The summed E-state index contributed by atoms with van der Waals surface area (Å²) < 4.78 is 26.8. The van der Waals surface area contributed by atoms with E-state index in [-0.39, 0.29) is 5.69 Å². The lowest BCUT2D eigenvalue weighted by atomic mass is 10.3. The molecule has 0 saturated heterocycles. The first kappa shape index (κ1) is 14.6. The minimum atomic E-state index is -2.51. The van der Waals surface area contributed by atoms with Crippen LogP contribution in [0.2, 0.25) is 0 Å². The quantitative estimate of drug-likeness (QED) is 0.923. The van der Waals surface area contributed by atoms with Gasteiger partial charge in [-0.1, -0.05) is 0 Å². The maximum Gasteiger partial charge on any atom is 0.273 e. The molecule has 0 fully saturated rings. The number of carbonyl (C=O) groups excluding carboxylic acids is 1. The molecule has 0 aliphatic carbocycles. The largest absolute Gasteiger partial charge is 0.338 e. The van der Waals surface area contributed by atoms with Crippen LogP contribution < -0.4 is 5.32 Å². The molecule has 2 aromatic rings. The number of anilines is 1. The van der Waals surface area contributed by atoms with Gasteiger partial charge in [-0.2, -0.15) is 0 Å². The van der Waals surface area contributed by atoms with Gasteiger partial charge >= 0.3 is 0 Å². The average molecular weight is 344 g/mol. The highest BCUT2D eigenvalue weighted by atomic mass is 79.9. The predicted octanol–water partition coefficient (Wildman–Crippen LogP) is 3.47. The van der Waals surface area contributed by atoms with Crippen molar-refractivity contribution in [2.75, 3.05) is 5.32 Å². The van der Waals surface area contributed by atoms with E-state index in [4.69, 9.17) is 0 Å². The van der Waals surface area contributed by atoms with E-state index in [2.05, 4.69) is 26.2 Å². The van der Waals surface area contributed by atoms with Crippen molar-refractivity contribution in [1.82, 2.24) is 9.55 Å². The Morgan fingerprint density at radius 1 is 1.55 bits per heavy atom. The Morgan fingerprint density at radius 3 is 2.95 bits per heavy atom. The number of aromatic nitrogens is 2. The van der Waals surface area contributed by atoms with Crippen LogP contribution in [0.25, 0.3) is 0 Å². The van der Waals surface area contributed by atoms with Crippen molar-refractivity contribution >= 4 is 27.7 Å². The minimum absolute atomic E-state index is 0.174. The minimum Gasteiger partial charge on any atom is -0.338 e. The van der Waals surface area contributed by atoms with Crippen LogP contribution in [0, 0.1) is 6.92 Å². The van der Waals surface area contributed by atoms with Crippen LogP contribution >= 0.6 is 15.9 Å². The van der Waals surface area contributed by atoms with Gasteiger partial charge in [-0.25, -0.2) is 13.8 Å². The number of carbonyl (C=O) groups is 1. The first-order valence-corrected chi connectivity index (χ1v) is 6.63. The number of amides is 1. The molecule has 0 aromatic carbocycles. The topological polar surface area (TPSA) is 46.9 Å². The summed E-state index contributed by atoms with van der Waals surface area (Å²) in [6.07, 6.45) is 0.506. The number of pyridine rings is 1. The number of halogens is 3. The molecule has 0 spiro atoms. The summed E-state index contributed by atoms with van der Waals surface area (Å²) in [4.78, 5) is 16.1. The smallest absolute Gasteiger partial charge is 0.273 e. The second-order valence-corrected chi connectivity index (χ2v) is 5.06. The number of hydrogen-bond donors (Lipinski definition) is 1. The molecule has 0 aliphatic rings. The van der Waals surface area contributed by atoms with Crippen molar-refractivity contribution in [3.63, 3.8) is 0 Å². The first-order chi connectivity index (χ1) is 9.47. The van der Waals surface area contributed by atoms with E-state index in [9.17, 15) is 13.6 Å². The normalized spacial score (nSPS) is 10.8. The lowest BCUT2D eigenvalue weighted by molar-refractivity contribution is 0.0997. The molecule has 1 N–H and O–H groups in total. The zero-order valence-corrected chi connectivity index (χ0v) is 12.2. The SMILES string of the molecule is Cc1cc(NC(=O)c2cccn2CC(F)F)ncc1Br. The van der Waals surface area contributed by atoms with Crippen LogP contribution in [0.4, 0.5) is 14.6 Å². The Bertz CT molecular complexity index is 628. The monoisotopic (exact) mass is 343 g/mol. The lowest BCUT2D eigenvalue weighted by Gasteiger charge is -2.09. The Hall–Kier alpha value is -1.76. The highest BCUT2D eigenvalue weighted by Gasteiger charge is 2.14. The fourth-order valence-electron chi connectivity index (χ4n) is 1.72. The van der Waals surface area contributed by atoms with Gasteiger partial charge < -0.3 is 9.88 Å². The number of alkyl halides is 2. The van der Waals surface area contributed by atoms with E-state index in [1.54, 1.807) is 18.3 Å². The standard InChI is InChI=1S/C13H12BrF2N3O/c1-8-5-12(17-6-9(8)14)18-13(20)10-3-2-4-19(10)7-11(15)16/h2-6,11H,7H2,1H3,(H,17,18,20). The summed E-state index contributed by atoms with van der Waals surface area (Å²) in [6, 6.07) is 4.74. The Balaban J connectivity index is 2.15. The zero-order chi connectivity index (χ0) is 14.7. The molecule has 20 heavy (non-hydrogen) atoms. The second kappa shape index (κ2) is 6.13. The summed E-state index contributed by atoms with van der Waals surface area (Å²) in [6.45, 7) is 1.35. The third-order valence-corrected chi connectivity index (χ3v) is 3.52. The van der Waals surface area contributed by atoms with E-state index in [1.165, 1.54) is 16.8 Å². The molecule has 1 amide bonds. The van der Waals surface area contributed by atoms with E-state index in [1.807, 2.05) is 6.92 Å². The van der Waals surface area contributed by atoms with Gasteiger partial charge in [0.05, 0.1) is 6.54 Å². The van der Waals surface area contributed by atoms with Crippen molar-refractivity contribution in [1.29, 1.82) is 0 Å². The number of nitrogens with zero attached hydrogens (tertiary/aromatic N) is 2. The molecular weight excluding hydrogens is 332 g/mol. The van der Waals surface area contributed by atoms with E-state index >= 15 is 0 Å². The molecule has 0 atom stereocenters. The van der Waals surface area contributed by atoms with Gasteiger partial charge in [-0.3, -0.25) is 4.79 Å². The van der Waals surface area contributed by atoms with E-state index in [0.29, 0.717) is 5.82 Å². The summed E-state index contributed by atoms with van der Waals surface area (Å²) in [7, 11) is 0. The zero-order valence-electron chi connectivity index (χ0n) is 10.6. The van der Waals surface area contributed by atoms with Crippen molar-refractivity contribution in [2.24, 2.45) is 0 Å². The fraction of sp³-hybridized carbons (Fsp3) is 0.231. The first-order valence-electron chi connectivity index (χ1n) is 5.84. The second-order valence-electron chi connectivity index (χ2n) is 4.21. The van der Waals surface area contributed by atoms with Crippen molar-refractivity contribution < 1.29 is 13.6 Å². The van der Waals surface area contributed by atoms with E-state index in [0.717, 1.165) is 10.0 Å². The molecule has 2 heterocycles. The molecule has 0 saturated carbocycles. The van der Waals surface area contributed by atoms with Crippen molar-refractivity contribution in [3.05, 3.63) is 46.3 Å². The molecule has 2 rings (SSSR count). The van der Waals surface area contributed by atoms with Crippen LogP contribution in [-0.4, -0.2) is 21.9 Å². The van der Waals surface area contributed by atoms with Crippen LogP contribution in [0.1, 0.15) is 16.1 Å². The van der Waals surface area contributed by atoms with Crippen molar-refractivity contribution in [3.8, 4) is 0 Å². The van der Waals surface area contributed by atoms with Gasteiger partial charge in [-0.15, -0.1) is 0 Å². The molecule has 0 radical (unpaired) electrons. The fourth-order valence-corrected chi connectivity index (χ4v) is 1.93. The lowest BCUT2D eigenvalue weighted by Crippen LogP contribution is -2.19. The Kier molecular flexibility index (Phi) is 4.49. The maximum absolute atomic E-state index is 12.4. The van der Waals surface area contributed by atoms with Gasteiger partial charge in [0, 0.05) is 16.9 Å². The maximum atomic E-state index is 12.4. The van der Waals surface area contributed by atoms with Gasteiger partial charge in [0.15, 0.2) is 0 Å². The molecule has 7 heteroatoms. The van der Waals surface area contributed by atoms with Crippen LogP contribution in [-0.2, 0) is 6.54 Å². The van der Waals surface area contributed by atoms with Crippen molar-refractivity contribution in [2.45, 2.75) is 19.9 Å². The van der Waals surface area contributed by atoms with Gasteiger partial charge in [0.2, 0.25) is 0 Å². The number of rotatable bonds is 4. The van der Waals surface area contributed by atoms with Gasteiger partial charge in [0.25, 0.3) is 12.3 Å². The third kappa shape index (κ3) is 3.41. The average Bonchev–Trinajstić information content (AvgIpc) is 2.81. The predicted molar refractivity (Wildman–Crippen MR) is 75.1 cm³/mol.